The van der Waals surface area contributed by atoms with Gasteiger partial charge < -0.3 is 47.4 Å². The quantitative estimate of drug-likeness (QED) is 0.0405. The van der Waals surface area contributed by atoms with Crippen molar-refractivity contribution in [1.29, 1.82) is 0 Å². The van der Waals surface area contributed by atoms with Gasteiger partial charge in [0.25, 0.3) is 0 Å². The highest BCUT2D eigenvalue weighted by Crippen LogP contribution is 2.57. The summed E-state index contributed by atoms with van der Waals surface area (Å²) in [6.45, 7) is 17.3. The topological polar surface area (TPSA) is 289 Å². The number of aromatic nitrogens is 2. The molecule has 6 rings (SSSR count). The molecular formula is C62H72Cl2N2O20. The minimum Gasteiger partial charge on any atom is -0.465 e. The predicted octanol–water partition coefficient (Wildman–Crippen LogP) is 8.42. The highest BCUT2D eigenvalue weighted by Gasteiger charge is 2.77. The zero-order valence-electron chi connectivity index (χ0n) is 50.3. The summed E-state index contributed by atoms with van der Waals surface area (Å²) in [4.78, 5) is 148. The average Bonchev–Trinajstić information content (AvgIpc) is 0.847. The Bertz CT molecular complexity index is 2980. The predicted molar refractivity (Wildman–Crippen MR) is 308 cm³/mol. The fraction of sp³-hybridized carbons (Fsp3) is 0.484. The molecule has 2 aromatic carbocycles. The summed E-state index contributed by atoms with van der Waals surface area (Å²) in [5.41, 5.74) is -7.77. The maximum atomic E-state index is 14.1. The molecule has 0 saturated heterocycles. The molecule has 4 aromatic rings. The van der Waals surface area contributed by atoms with Crippen molar-refractivity contribution >= 4 is 82.9 Å². The van der Waals surface area contributed by atoms with Gasteiger partial charge in [0.05, 0.1) is 66.1 Å². The van der Waals surface area contributed by atoms with E-state index in [0.717, 1.165) is 0 Å². The second-order valence-electron chi connectivity index (χ2n) is 19.2. The number of carbonyl (C=O) groups is 10. The van der Waals surface area contributed by atoms with Gasteiger partial charge in [-0.15, -0.1) is 0 Å². The van der Waals surface area contributed by atoms with Crippen molar-refractivity contribution in [2.75, 3.05) is 66.1 Å². The number of carbonyl (C=O) groups excluding carboxylic acids is 10. The van der Waals surface area contributed by atoms with Crippen molar-refractivity contribution in [3.8, 4) is 22.3 Å². The number of esters is 10. The smallest absolute Gasteiger partial charge is 0.357 e. The fourth-order valence-corrected chi connectivity index (χ4v) is 11.5. The molecule has 0 N–H and O–H groups in total. The van der Waals surface area contributed by atoms with Crippen molar-refractivity contribution in [3.63, 3.8) is 0 Å². The van der Waals surface area contributed by atoms with Gasteiger partial charge in [-0.05, 0) is 117 Å². The summed E-state index contributed by atoms with van der Waals surface area (Å²) in [7, 11) is 0. The van der Waals surface area contributed by atoms with Crippen LogP contribution < -0.4 is 0 Å². The first-order chi connectivity index (χ1) is 41.0. The van der Waals surface area contributed by atoms with Crippen LogP contribution in [-0.4, -0.2) is 136 Å². The molecule has 0 aliphatic heterocycles. The third-order valence-corrected chi connectivity index (χ3v) is 15.3. The van der Waals surface area contributed by atoms with Crippen molar-refractivity contribution in [1.82, 2.24) is 9.97 Å². The largest absolute Gasteiger partial charge is 0.465 e. The molecule has 2 heterocycles. The van der Waals surface area contributed by atoms with Gasteiger partial charge >= 0.3 is 59.7 Å². The Morgan fingerprint density at radius 1 is 0.349 bits per heavy atom. The molecule has 464 valence electrons. The lowest BCUT2D eigenvalue weighted by Crippen LogP contribution is -2.66. The molecule has 0 spiro atoms. The minimum atomic E-state index is -2.61. The molecule has 24 heteroatoms. The van der Waals surface area contributed by atoms with E-state index in [1.54, 1.807) is 76.2 Å². The van der Waals surface area contributed by atoms with Crippen molar-refractivity contribution in [3.05, 3.63) is 104 Å². The van der Waals surface area contributed by atoms with Crippen LogP contribution in [-0.2, 0) is 111 Å². The first-order valence-electron chi connectivity index (χ1n) is 28.3. The number of fused-ring (bicyclic) bond motifs is 2. The molecule has 22 nitrogen and oxygen atoms in total. The van der Waals surface area contributed by atoms with Crippen LogP contribution in [0.3, 0.4) is 0 Å². The highest BCUT2D eigenvalue weighted by atomic mass is 35.5. The molecule has 2 aromatic heterocycles. The first kappa shape index (κ1) is 68.8. The molecule has 2 aliphatic rings. The molecule has 0 saturated carbocycles. The molecule has 0 unspecified atom stereocenters. The average molecular weight is 1240 g/mol. The number of pyridine rings is 2. The summed E-state index contributed by atoms with van der Waals surface area (Å²) in [5, 5.41) is 0.484. The minimum absolute atomic E-state index is 0.0447. The Hall–Kier alpha value is -7.98. The number of ether oxygens (including phenoxy) is 10. The number of hydrogen-bond donors (Lipinski definition) is 0. The van der Waals surface area contributed by atoms with Gasteiger partial charge in [0.2, 0.25) is 0 Å². The number of aryl methyl sites for hydroxylation is 2. The van der Waals surface area contributed by atoms with Gasteiger partial charge in [-0.1, -0.05) is 59.6 Å². The molecule has 0 bridgehead atoms. The lowest BCUT2D eigenvalue weighted by atomic mass is 9.53. The summed E-state index contributed by atoms with van der Waals surface area (Å²) in [6.07, 6.45) is -2.30. The van der Waals surface area contributed by atoms with E-state index in [-0.39, 0.29) is 121 Å². The van der Waals surface area contributed by atoms with E-state index in [1.165, 1.54) is 55.4 Å². The summed E-state index contributed by atoms with van der Waals surface area (Å²) in [6, 6.07) is 13.3. The van der Waals surface area contributed by atoms with Crippen LogP contribution in [0.2, 0.25) is 10.0 Å². The van der Waals surface area contributed by atoms with Gasteiger partial charge in [0.1, 0.15) is 0 Å². The molecule has 0 atom stereocenters. The van der Waals surface area contributed by atoms with E-state index in [1.807, 2.05) is 0 Å². The van der Waals surface area contributed by atoms with E-state index in [2.05, 4.69) is 9.97 Å². The van der Waals surface area contributed by atoms with E-state index >= 15 is 0 Å². The number of hydrogen-bond acceptors (Lipinski definition) is 22. The SMILES string of the molecule is CCOC(=O)c1nc(C)c2c(c1-c1ccccc1Cl)CC(C(=O)OCC)(C(=O)OCC)C(C(=O)OCC)(C(=O)OCC)C2.CCOC(=O)c1nc(C)c2c(c1-c1ccccc1Cl)CC(C(=O)OCC)(C(=O)OCC)C(C(=O)OCC)(C(=O)OCC)C2. The maximum absolute atomic E-state index is 14.1. The van der Waals surface area contributed by atoms with Gasteiger partial charge in [0, 0.05) is 69.4 Å². The van der Waals surface area contributed by atoms with Crippen LogP contribution in [0.1, 0.15) is 124 Å². The first-order valence-corrected chi connectivity index (χ1v) is 29.1. The Balaban J connectivity index is 0.000000314. The monoisotopic (exact) mass is 1230 g/mol. The van der Waals surface area contributed by atoms with E-state index in [0.29, 0.717) is 22.3 Å². The Morgan fingerprint density at radius 2 is 0.558 bits per heavy atom. The van der Waals surface area contributed by atoms with Gasteiger partial charge in [0.15, 0.2) is 33.0 Å². The third kappa shape index (κ3) is 12.4. The number of halogens is 2. The lowest BCUT2D eigenvalue weighted by molar-refractivity contribution is -0.204. The zero-order chi connectivity index (χ0) is 63.9. The third-order valence-electron chi connectivity index (χ3n) is 14.7. The molecule has 0 amide bonds. The van der Waals surface area contributed by atoms with E-state index < -0.39 is 107 Å². The van der Waals surface area contributed by atoms with Crippen molar-refractivity contribution < 1.29 is 95.3 Å². The van der Waals surface area contributed by atoms with Crippen LogP contribution in [0.4, 0.5) is 0 Å². The highest BCUT2D eigenvalue weighted by molar-refractivity contribution is 6.34. The Kier molecular flexibility index (Phi) is 23.9. The fourth-order valence-electron chi connectivity index (χ4n) is 11.1. The van der Waals surface area contributed by atoms with Gasteiger partial charge in [-0.2, -0.15) is 0 Å². The standard InChI is InChI=1S/2C31H36ClNO10/c2*1-7-39-25(34)24-23(19-14-12-13-15-22(19)32)21-17-31(28(37)42-10-4,29(38)43-11-5)30(26(35)40-8-2,27(36)41-9-3)16-20(21)18(6)33-24/h2*12-15H,7-11,16-17H2,1-6H3. The maximum Gasteiger partial charge on any atom is 0.357 e. The number of benzene rings is 2. The molecule has 0 radical (unpaired) electrons. The summed E-state index contributed by atoms with van der Waals surface area (Å²) >= 11 is 13.2. The van der Waals surface area contributed by atoms with E-state index in [9.17, 15) is 47.9 Å². The van der Waals surface area contributed by atoms with Crippen LogP contribution in [0.5, 0.6) is 0 Å². The number of nitrogens with zero attached hydrogens (tertiary/aromatic N) is 2. The van der Waals surface area contributed by atoms with Crippen LogP contribution in [0.25, 0.3) is 22.3 Å². The van der Waals surface area contributed by atoms with Crippen molar-refractivity contribution in [2.45, 2.75) is 109 Å². The molecule has 86 heavy (non-hydrogen) atoms. The molecule has 0 fully saturated rings. The van der Waals surface area contributed by atoms with Crippen LogP contribution >= 0.6 is 23.2 Å². The second kappa shape index (κ2) is 29.9. The molecule has 2 aliphatic carbocycles. The van der Waals surface area contributed by atoms with Gasteiger partial charge in [-0.3, -0.25) is 38.4 Å². The molecular weight excluding hydrogens is 1160 g/mol. The Labute approximate surface area is 508 Å². The van der Waals surface area contributed by atoms with E-state index in [4.69, 9.17) is 70.6 Å². The second-order valence-corrected chi connectivity index (χ2v) is 20.1. The van der Waals surface area contributed by atoms with Crippen LogP contribution in [0.15, 0.2) is 48.5 Å². The van der Waals surface area contributed by atoms with Gasteiger partial charge in [-0.25, -0.2) is 19.6 Å². The normalized spacial score (nSPS) is 14.6. The summed E-state index contributed by atoms with van der Waals surface area (Å²) < 4.78 is 53.7. The van der Waals surface area contributed by atoms with Crippen LogP contribution in [0, 0.1) is 35.5 Å². The lowest BCUT2D eigenvalue weighted by Gasteiger charge is -2.46. The zero-order valence-corrected chi connectivity index (χ0v) is 51.8. The number of rotatable bonds is 22. The van der Waals surface area contributed by atoms with Crippen molar-refractivity contribution in [2.24, 2.45) is 21.7 Å². The summed E-state index contributed by atoms with van der Waals surface area (Å²) in [5.74, 6) is -10.9. The Morgan fingerprint density at radius 3 is 0.767 bits per heavy atom.